The molecule has 0 bridgehead atoms. The molecule has 29 heavy (non-hydrogen) atoms. The van der Waals surface area contributed by atoms with Gasteiger partial charge in [-0.25, -0.2) is 0 Å². The highest BCUT2D eigenvalue weighted by Crippen LogP contribution is 2.29. The number of alkyl halides is 2. The van der Waals surface area contributed by atoms with Crippen LogP contribution in [-0.2, 0) is 11.2 Å². The summed E-state index contributed by atoms with van der Waals surface area (Å²) in [6, 6.07) is 10.1. The number of carbonyl (C=O) groups is 2. The Balaban J connectivity index is 1.79. The van der Waals surface area contributed by atoms with E-state index in [4.69, 9.17) is 4.74 Å². The van der Waals surface area contributed by atoms with Gasteiger partial charge >= 0.3 is 6.61 Å². The molecule has 156 valence electrons. The zero-order valence-corrected chi connectivity index (χ0v) is 16.8. The van der Waals surface area contributed by atoms with Gasteiger partial charge in [0.25, 0.3) is 0 Å². The number of benzene rings is 2. The van der Waals surface area contributed by atoms with E-state index >= 15 is 0 Å². The van der Waals surface area contributed by atoms with E-state index in [1.54, 1.807) is 18.2 Å². The minimum Gasteiger partial charge on any atom is -0.493 e. The summed E-state index contributed by atoms with van der Waals surface area (Å²) < 4.78 is 34.1. The van der Waals surface area contributed by atoms with E-state index in [2.05, 4.69) is 10.1 Å². The fraction of sp³-hybridized carbons (Fsp3) is 0.364. The highest BCUT2D eigenvalue weighted by atomic mass is 19.3. The van der Waals surface area contributed by atoms with E-state index in [0.29, 0.717) is 18.5 Å². The highest BCUT2D eigenvalue weighted by Gasteiger charge is 2.12. The van der Waals surface area contributed by atoms with Gasteiger partial charge in [-0.3, -0.25) is 9.59 Å². The second kappa shape index (κ2) is 10.5. The molecule has 1 amide bonds. The molecule has 0 aliphatic heterocycles. The van der Waals surface area contributed by atoms with Crippen molar-refractivity contribution in [2.45, 2.75) is 39.7 Å². The number of aryl methyl sites for hydroxylation is 2. The lowest BCUT2D eigenvalue weighted by Crippen LogP contribution is -2.26. The Labute approximate surface area is 169 Å². The van der Waals surface area contributed by atoms with E-state index in [1.165, 1.54) is 13.2 Å². The van der Waals surface area contributed by atoms with E-state index in [9.17, 15) is 18.4 Å². The van der Waals surface area contributed by atoms with Crippen LogP contribution in [0.3, 0.4) is 0 Å². The molecular formula is C22H25F2NO4. The van der Waals surface area contributed by atoms with E-state index in [-0.39, 0.29) is 36.0 Å². The number of amides is 1. The number of carbonyl (C=O) groups excluding carboxylic acids is 2. The van der Waals surface area contributed by atoms with E-state index < -0.39 is 6.61 Å². The molecule has 0 aliphatic rings. The van der Waals surface area contributed by atoms with Crippen LogP contribution in [0.25, 0.3) is 0 Å². The Hall–Kier alpha value is -2.96. The summed E-state index contributed by atoms with van der Waals surface area (Å²) in [5.74, 6) is -0.123. The van der Waals surface area contributed by atoms with Gasteiger partial charge in [-0.15, -0.1) is 0 Å². The maximum Gasteiger partial charge on any atom is 0.387 e. The molecule has 0 aliphatic carbocycles. The molecule has 2 aromatic rings. The molecule has 7 heteroatoms. The number of nitrogens with one attached hydrogen (secondary N) is 1. The van der Waals surface area contributed by atoms with Gasteiger partial charge in [0.05, 0.1) is 7.11 Å². The van der Waals surface area contributed by atoms with Crippen LogP contribution in [0.2, 0.25) is 0 Å². The van der Waals surface area contributed by atoms with Gasteiger partial charge in [0.15, 0.2) is 17.3 Å². The first-order chi connectivity index (χ1) is 13.8. The van der Waals surface area contributed by atoms with Crippen molar-refractivity contribution in [2.75, 3.05) is 13.7 Å². The zero-order valence-electron chi connectivity index (χ0n) is 16.8. The summed E-state index contributed by atoms with van der Waals surface area (Å²) in [4.78, 5) is 24.2. The molecule has 0 spiro atoms. The molecule has 0 radical (unpaired) electrons. The number of hydrogen-bond donors (Lipinski definition) is 1. The second-order valence-electron chi connectivity index (χ2n) is 6.69. The van der Waals surface area contributed by atoms with Crippen molar-refractivity contribution in [1.29, 1.82) is 0 Å². The maximum atomic E-state index is 12.4. The molecule has 0 atom stereocenters. The van der Waals surface area contributed by atoms with E-state index in [0.717, 1.165) is 16.7 Å². The van der Waals surface area contributed by atoms with Crippen molar-refractivity contribution >= 4 is 11.7 Å². The number of hydrogen-bond acceptors (Lipinski definition) is 4. The lowest BCUT2D eigenvalue weighted by Gasteiger charge is -2.11. The summed E-state index contributed by atoms with van der Waals surface area (Å²) >= 11 is 0. The molecule has 2 rings (SSSR count). The van der Waals surface area contributed by atoms with Crippen LogP contribution in [0.4, 0.5) is 8.78 Å². The van der Waals surface area contributed by atoms with Crippen molar-refractivity contribution in [2.24, 2.45) is 0 Å². The van der Waals surface area contributed by atoms with Gasteiger partial charge in [0.1, 0.15) is 0 Å². The molecule has 0 saturated carbocycles. The predicted octanol–water partition coefficient (Wildman–Crippen LogP) is 4.24. The highest BCUT2D eigenvalue weighted by molar-refractivity contribution is 5.98. The molecule has 0 saturated heterocycles. The first-order valence-electron chi connectivity index (χ1n) is 9.29. The molecule has 0 fully saturated rings. The molecule has 0 heterocycles. The zero-order chi connectivity index (χ0) is 21.4. The fourth-order valence-electron chi connectivity index (χ4n) is 2.78. The number of halogens is 2. The fourth-order valence-corrected chi connectivity index (χ4v) is 2.78. The van der Waals surface area contributed by atoms with Gasteiger partial charge in [-0.2, -0.15) is 8.78 Å². The largest absolute Gasteiger partial charge is 0.493 e. The monoisotopic (exact) mass is 405 g/mol. The Morgan fingerprint density at radius 1 is 1.00 bits per heavy atom. The minimum absolute atomic E-state index is 0.0415. The Bertz CT molecular complexity index is 868. The smallest absolute Gasteiger partial charge is 0.387 e. The first kappa shape index (κ1) is 22.3. The molecule has 2 aromatic carbocycles. The van der Waals surface area contributed by atoms with Crippen molar-refractivity contribution in [1.82, 2.24) is 5.32 Å². The van der Waals surface area contributed by atoms with Crippen LogP contribution in [0.15, 0.2) is 36.4 Å². The molecule has 1 N–H and O–H groups in total. The second-order valence-corrected chi connectivity index (χ2v) is 6.69. The summed E-state index contributed by atoms with van der Waals surface area (Å²) in [5, 5.41) is 2.76. The van der Waals surface area contributed by atoms with Crippen LogP contribution >= 0.6 is 0 Å². The third-order valence-corrected chi connectivity index (χ3v) is 4.59. The minimum atomic E-state index is -2.93. The van der Waals surface area contributed by atoms with Crippen LogP contribution < -0.4 is 14.8 Å². The summed E-state index contributed by atoms with van der Waals surface area (Å²) in [6.45, 7) is 1.35. The van der Waals surface area contributed by atoms with Crippen LogP contribution in [0, 0.1) is 13.8 Å². The lowest BCUT2D eigenvalue weighted by molar-refractivity contribution is -0.121. The molecule has 0 aromatic heterocycles. The topological polar surface area (TPSA) is 64.6 Å². The Morgan fingerprint density at radius 3 is 2.41 bits per heavy atom. The number of methoxy groups -OCH3 is 1. The molecule has 0 unspecified atom stereocenters. The van der Waals surface area contributed by atoms with Crippen molar-refractivity contribution in [3.8, 4) is 11.5 Å². The lowest BCUT2D eigenvalue weighted by atomic mass is 10.0. The molecular weight excluding hydrogens is 380 g/mol. The van der Waals surface area contributed by atoms with Crippen molar-refractivity contribution in [3.05, 3.63) is 58.7 Å². The normalized spacial score (nSPS) is 10.7. The summed E-state index contributed by atoms with van der Waals surface area (Å²) in [5.41, 5.74) is 3.57. The maximum absolute atomic E-state index is 12.4. The standard InChI is InChI=1S/C22H25F2NO4/c1-14-4-6-17(12-15(14)2)18(26)7-9-21(27)25-11-10-16-5-8-19(29-22(23)24)20(13-16)28-3/h4-6,8,12-13,22H,7,9-11H2,1-3H3,(H,25,27). The number of Topliss-reactive ketones (excluding diaryl/α,β-unsaturated/α-hetero) is 1. The third-order valence-electron chi connectivity index (χ3n) is 4.59. The quantitative estimate of drug-likeness (QED) is 0.601. The summed E-state index contributed by atoms with van der Waals surface area (Å²) in [6.07, 6.45) is 0.736. The number of rotatable bonds is 10. The third kappa shape index (κ3) is 6.85. The summed E-state index contributed by atoms with van der Waals surface area (Å²) in [7, 11) is 1.37. The predicted molar refractivity (Wildman–Crippen MR) is 106 cm³/mol. The van der Waals surface area contributed by atoms with Gasteiger partial charge in [0, 0.05) is 24.9 Å². The average Bonchev–Trinajstić information content (AvgIpc) is 2.68. The van der Waals surface area contributed by atoms with Gasteiger partial charge in [-0.05, 0) is 55.2 Å². The van der Waals surface area contributed by atoms with E-state index in [1.807, 2.05) is 26.0 Å². The Kier molecular flexibility index (Phi) is 8.12. The van der Waals surface area contributed by atoms with Gasteiger partial charge in [-0.1, -0.05) is 18.2 Å². The number of ketones is 1. The van der Waals surface area contributed by atoms with Crippen LogP contribution in [0.1, 0.15) is 39.9 Å². The molecule has 5 nitrogen and oxygen atoms in total. The average molecular weight is 405 g/mol. The number of ether oxygens (including phenoxy) is 2. The van der Waals surface area contributed by atoms with Gasteiger partial charge in [0.2, 0.25) is 5.91 Å². The first-order valence-corrected chi connectivity index (χ1v) is 9.29. The van der Waals surface area contributed by atoms with Crippen LogP contribution in [0.5, 0.6) is 11.5 Å². The van der Waals surface area contributed by atoms with Crippen molar-refractivity contribution < 1.29 is 27.8 Å². The van der Waals surface area contributed by atoms with Gasteiger partial charge < -0.3 is 14.8 Å². The Morgan fingerprint density at radius 2 is 1.76 bits per heavy atom. The van der Waals surface area contributed by atoms with Crippen LogP contribution in [-0.4, -0.2) is 32.0 Å². The SMILES string of the molecule is COc1cc(CCNC(=O)CCC(=O)c2ccc(C)c(C)c2)ccc1OC(F)F. The van der Waals surface area contributed by atoms with Crippen molar-refractivity contribution in [3.63, 3.8) is 0 Å².